The molecule has 1 nitrogen and oxygen atoms in total. The molecule has 0 saturated carbocycles. The molecule has 0 heterocycles. The molecule has 0 saturated heterocycles. The first-order valence-electron chi connectivity index (χ1n) is 8.86. The van der Waals surface area contributed by atoms with Crippen LogP contribution in [0.2, 0.25) is 0 Å². The third-order valence-corrected chi connectivity index (χ3v) is 4.26. The molecule has 0 spiro atoms. The van der Waals surface area contributed by atoms with Crippen LogP contribution in [-0.4, -0.2) is 5.78 Å². The van der Waals surface area contributed by atoms with E-state index in [1.807, 2.05) is 0 Å². The van der Waals surface area contributed by atoms with Crippen molar-refractivity contribution >= 4 is 5.78 Å². The maximum Gasteiger partial charge on any atom is 0.134 e. The second-order valence-corrected chi connectivity index (χ2v) is 6.44. The Morgan fingerprint density at radius 2 is 1.26 bits per heavy atom. The minimum Gasteiger partial charge on any atom is -0.300 e. The number of aryl methyl sites for hydroxylation is 1. The SMILES string of the molecule is CCCCCCCc1ccc(-c2ccc(CC(C)=O)cc2)cc1. The van der Waals surface area contributed by atoms with Crippen molar-refractivity contribution in [2.75, 3.05) is 0 Å². The van der Waals surface area contributed by atoms with Gasteiger partial charge in [-0.3, -0.25) is 4.79 Å². The Bertz CT molecular complexity index is 593. The molecule has 0 radical (unpaired) electrons. The van der Waals surface area contributed by atoms with Crippen LogP contribution in [0.1, 0.15) is 57.1 Å². The number of hydrogen-bond donors (Lipinski definition) is 0. The highest BCUT2D eigenvalue weighted by atomic mass is 16.1. The van der Waals surface area contributed by atoms with Crippen molar-refractivity contribution < 1.29 is 4.79 Å². The van der Waals surface area contributed by atoms with Crippen LogP contribution in [0.15, 0.2) is 48.5 Å². The molecule has 0 amide bonds. The topological polar surface area (TPSA) is 17.1 Å². The second kappa shape index (κ2) is 9.29. The number of rotatable bonds is 9. The molecular weight excluding hydrogens is 280 g/mol. The minimum atomic E-state index is 0.209. The Kier molecular flexibility index (Phi) is 7.06. The van der Waals surface area contributed by atoms with Crippen LogP contribution in [-0.2, 0) is 17.6 Å². The molecule has 0 aliphatic carbocycles. The third-order valence-electron chi connectivity index (χ3n) is 4.26. The van der Waals surface area contributed by atoms with E-state index in [2.05, 4.69) is 55.5 Å². The fourth-order valence-corrected chi connectivity index (χ4v) is 2.90. The van der Waals surface area contributed by atoms with Gasteiger partial charge in [-0.15, -0.1) is 0 Å². The van der Waals surface area contributed by atoms with Crippen LogP contribution in [0.5, 0.6) is 0 Å². The summed E-state index contributed by atoms with van der Waals surface area (Å²) in [5, 5.41) is 0. The zero-order chi connectivity index (χ0) is 16.5. The smallest absolute Gasteiger partial charge is 0.134 e. The molecule has 0 fully saturated rings. The number of unbranched alkanes of at least 4 members (excludes halogenated alkanes) is 4. The third kappa shape index (κ3) is 6.02. The predicted octanol–water partition coefficient (Wildman–Crippen LogP) is 6.00. The van der Waals surface area contributed by atoms with Gasteiger partial charge in [0.25, 0.3) is 0 Å². The Morgan fingerprint density at radius 3 is 1.78 bits per heavy atom. The van der Waals surface area contributed by atoms with E-state index in [1.54, 1.807) is 6.92 Å². The van der Waals surface area contributed by atoms with Gasteiger partial charge in [0.2, 0.25) is 0 Å². The molecule has 2 aromatic rings. The minimum absolute atomic E-state index is 0.209. The zero-order valence-electron chi connectivity index (χ0n) is 14.5. The van der Waals surface area contributed by atoms with Gasteiger partial charge in [0.15, 0.2) is 0 Å². The predicted molar refractivity (Wildman–Crippen MR) is 98.7 cm³/mol. The zero-order valence-corrected chi connectivity index (χ0v) is 14.5. The van der Waals surface area contributed by atoms with E-state index in [4.69, 9.17) is 0 Å². The fourth-order valence-electron chi connectivity index (χ4n) is 2.90. The molecule has 122 valence electrons. The number of benzene rings is 2. The normalized spacial score (nSPS) is 10.7. The summed E-state index contributed by atoms with van der Waals surface area (Å²) in [5.74, 6) is 0.209. The number of hydrogen-bond acceptors (Lipinski definition) is 1. The molecule has 0 unspecified atom stereocenters. The molecule has 0 N–H and O–H groups in total. The van der Waals surface area contributed by atoms with Crippen LogP contribution in [0.3, 0.4) is 0 Å². The Hall–Kier alpha value is -1.89. The maximum absolute atomic E-state index is 11.2. The largest absolute Gasteiger partial charge is 0.300 e. The number of carbonyl (C=O) groups excluding carboxylic acids is 1. The summed E-state index contributed by atoms with van der Waals surface area (Å²) in [6.07, 6.45) is 8.37. The summed E-state index contributed by atoms with van der Waals surface area (Å²) in [4.78, 5) is 11.2. The van der Waals surface area contributed by atoms with Gasteiger partial charge in [0, 0.05) is 6.42 Å². The molecular formula is C22H28O. The highest BCUT2D eigenvalue weighted by molar-refractivity contribution is 5.78. The highest BCUT2D eigenvalue weighted by Crippen LogP contribution is 2.21. The van der Waals surface area contributed by atoms with Crippen molar-refractivity contribution in [3.8, 4) is 11.1 Å². The molecule has 0 atom stereocenters. The van der Waals surface area contributed by atoms with E-state index >= 15 is 0 Å². The summed E-state index contributed by atoms with van der Waals surface area (Å²) >= 11 is 0. The van der Waals surface area contributed by atoms with E-state index in [9.17, 15) is 4.79 Å². The van der Waals surface area contributed by atoms with Crippen molar-refractivity contribution in [1.29, 1.82) is 0 Å². The first-order chi connectivity index (χ1) is 11.2. The monoisotopic (exact) mass is 308 g/mol. The van der Waals surface area contributed by atoms with Gasteiger partial charge in [-0.05, 0) is 42.0 Å². The standard InChI is InChI=1S/C22H28O/c1-3-4-5-6-7-8-19-9-13-21(14-10-19)22-15-11-20(12-16-22)17-18(2)23/h9-16H,3-8,17H2,1-2H3. The Morgan fingerprint density at radius 1 is 0.739 bits per heavy atom. The van der Waals surface area contributed by atoms with Gasteiger partial charge in [-0.25, -0.2) is 0 Å². The molecule has 0 aromatic heterocycles. The summed E-state index contributed by atoms with van der Waals surface area (Å²) < 4.78 is 0. The van der Waals surface area contributed by atoms with E-state index < -0.39 is 0 Å². The quantitative estimate of drug-likeness (QED) is 0.519. The lowest BCUT2D eigenvalue weighted by atomic mass is 9.99. The van der Waals surface area contributed by atoms with Crippen LogP contribution in [0.25, 0.3) is 11.1 Å². The average Bonchev–Trinajstić information content (AvgIpc) is 2.55. The van der Waals surface area contributed by atoms with Gasteiger partial charge in [0.05, 0.1) is 0 Å². The molecule has 0 aliphatic heterocycles. The van der Waals surface area contributed by atoms with Crippen molar-refractivity contribution in [2.24, 2.45) is 0 Å². The maximum atomic E-state index is 11.2. The Balaban J connectivity index is 1.90. The molecule has 0 bridgehead atoms. The van der Waals surface area contributed by atoms with Crippen molar-refractivity contribution in [1.82, 2.24) is 0 Å². The van der Waals surface area contributed by atoms with E-state index in [0.717, 1.165) is 5.56 Å². The lowest BCUT2D eigenvalue weighted by Crippen LogP contribution is -1.95. The van der Waals surface area contributed by atoms with E-state index in [-0.39, 0.29) is 5.78 Å². The van der Waals surface area contributed by atoms with Crippen molar-refractivity contribution in [2.45, 2.75) is 58.8 Å². The summed E-state index contributed by atoms with van der Waals surface area (Å²) in [6.45, 7) is 3.89. The Labute approximate surface area is 140 Å². The summed E-state index contributed by atoms with van der Waals surface area (Å²) in [7, 11) is 0. The lowest BCUT2D eigenvalue weighted by Gasteiger charge is -2.06. The molecule has 2 aromatic carbocycles. The number of Topliss-reactive ketones (excluding diaryl/α,β-unsaturated/α-hetero) is 1. The second-order valence-electron chi connectivity index (χ2n) is 6.44. The summed E-state index contributed by atoms with van der Waals surface area (Å²) in [6, 6.07) is 17.2. The van der Waals surface area contributed by atoms with Gasteiger partial charge in [-0.1, -0.05) is 81.1 Å². The number of ketones is 1. The fraction of sp³-hybridized carbons (Fsp3) is 0.409. The van der Waals surface area contributed by atoms with Crippen LogP contribution < -0.4 is 0 Å². The summed E-state index contributed by atoms with van der Waals surface area (Å²) in [5.41, 5.74) is 4.98. The van der Waals surface area contributed by atoms with Crippen LogP contribution >= 0.6 is 0 Å². The molecule has 1 heteroatoms. The first kappa shape index (κ1) is 17.5. The lowest BCUT2D eigenvalue weighted by molar-refractivity contribution is -0.116. The van der Waals surface area contributed by atoms with E-state index in [0.29, 0.717) is 6.42 Å². The van der Waals surface area contributed by atoms with E-state index in [1.165, 1.54) is 55.2 Å². The van der Waals surface area contributed by atoms with Gasteiger partial charge in [-0.2, -0.15) is 0 Å². The first-order valence-corrected chi connectivity index (χ1v) is 8.86. The molecule has 23 heavy (non-hydrogen) atoms. The van der Waals surface area contributed by atoms with Crippen LogP contribution in [0.4, 0.5) is 0 Å². The van der Waals surface area contributed by atoms with Crippen LogP contribution in [0, 0.1) is 0 Å². The van der Waals surface area contributed by atoms with Gasteiger partial charge in [0.1, 0.15) is 5.78 Å². The molecule has 0 aliphatic rings. The van der Waals surface area contributed by atoms with Gasteiger partial charge < -0.3 is 0 Å². The van der Waals surface area contributed by atoms with Crippen molar-refractivity contribution in [3.63, 3.8) is 0 Å². The average molecular weight is 308 g/mol. The highest BCUT2D eigenvalue weighted by Gasteiger charge is 2.01. The number of carbonyl (C=O) groups is 1. The van der Waals surface area contributed by atoms with Gasteiger partial charge >= 0.3 is 0 Å². The molecule has 2 rings (SSSR count). The van der Waals surface area contributed by atoms with Crippen molar-refractivity contribution in [3.05, 3.63) is 59.7 Å².